The number of aryl methyl sites for hydroxylation is 1. The van der Waals surface area contributed by atoms with Crippen LogP contribution in [0.4, 0.5) is 5.69 Å². The number of para-hydroxylation sites is 1. The number of hydrogen-bond donors (Lipinski definition) is 0. The molecule has 2 aliphatic heterocycles. The third-order valence-corrected chi connectivity index (χ3v) is 5.68. The summed E-state index contributed by atoms with van der Waals surface area (Å²) in [5.41, 5.74) is 2.88. The Morgan fingerprint density at radius 3 is 2.23 bits per heavy atom. The average molecular weight is 406 g/mol. The van der Waals surface area contributed by atoms with Gasteiger partial charge in [-0.15, -0.1) is 0 Å². The minimum Gasteiger partial charge on any atom is -0.496 e. The number of methoxy groups -OCH3 is 2. The Morgan fingerprint density at radius 1 is 0.833 bits per heavy atom. The summed E-state index contributed by atoms with van der Waals surface area (Å²) in [7, 11) is 3.11. The van der Waals surface area contributed by atoms with Crippen LogP contribution in [0.25, 0.3) is 5.57 Å². The fraction of sp³-hybridized carbons (Fsp3) is 0.333. The minimum absolute atomic E-state index is 0.313. The summed E-state index contributed by atoms with van der Waals surface area (Å²) in [5.74, 6) is 0.392. The van der Waals surface area contributed by atoms with Gasteiger partial charge in [0.2, 0.25) is 0 Å². The van der Waals surface area contributed by atoms with Crippen LogP contribution < -0.4 is 14.4 Å². The van der Waals surface area contributed by atoms with Crippen molar-refractivity contribution in [2.75, 3.05) is 32.2 Å². The summed E-state index contributed by atoms with van der Waals surface area (Å²) in [6.07, 6.45) is 3.13. The fourth-order valence-corrected chi connectivity index (χ4v) is 4.22. The molecule has 1 fully saturated rings. The van der Waals surface area contributed by atoms with Gasteiger partial charge in [0.1, 0.15) is 17.2 Å². The van der Waals surface area contributed by atoms with Crippen LogP contribution in [0.3, 0.4) is 0 Å². The van der Waals surface area contributed by atoms with E-state index >= 15 is 0 Å². The zero-order valence-electron chi connectivity index (χ0n) is 17.6. The number of imide groups is 1. The molecule has 2 aromatic carbocycles. The lowest BCUT2D eigenvalue weighted by atomic mass is 10.0. The fourth-order valence-electron chi connectivity index (χ4n) is 4.22. The summed E-state index contributed by atoms with van der Waals surface area (Å²) in [6.45, 7) is 3.44. The van der Waals surface area contributed by atoms with Gasteiger partial charge in [-0.25, -0.2) is 4.90 Å². The molecule has 0 spiro atoms. The van der Waals surface area contributed by atoms with Crippen molar-refractivity contribution in [2.24, 2.45) is 0 Å². The van der Waals surface area contributed by atoms with Crippen molar-refractivity contribution in [3.63, 3.8) is 0 Å². The van der Waals surface area contributed by atoms with Gasteiger partial charge in [-0.05, 0) is 49.9 Å². The highest BCUT2D eigenvalue weighted by Gasteiger charge is 2.44. The maximum atomic E-state index is 13.7. The van der Waals surface area contributed by atoms with Crippen LogP contribution in [-0.2, 0) is 9.59 Å². The third-order valence-electron chi connectivity index (χ3n) is 5.68. The van der Waals surface area contributed by atoms with Gasteiger partial charge in [0.05, 0.1) is 25.5 Å². The van der Waals surface area contributed by atoms with Crippen LogP contribution in [-0.4, -0.2) is 44.0 Å². The lowest BCUT2D eigenvalue weighted by molar-refractivity contribution is -0.120. The molecule has 4 rings (SSSR count). The van der Waals surface area contributed by atoms with Crippen LogP contribution in [0.1, 0.15) is 30.4 Å². The number of piperidine rings is 1. The Bertz CT molecular complexity index is 1020. The second kappa shape index (κ2) is 8.22. The van der Waals surface area contributed by atoms with E-state index in [0.29, 0.717) is 34.0 Å². The van der Waals surface area contributed by atoms with Crippen molar-refractivity contribution in [2.45, 2.75) is 26.2 Å². The van der Waals surface area contributed by atoms with Crippen LogP contribution >= 0.6 is 0 Å². The van der Waals surface area contributed by atoms with Crippen LogP contribution in [0.2, 0.25) is 0 Å². The average Bonchev–Trinajstić information content (AvgIpc) is 3.04. The second-order valence-electron chi connectivity index (χ2n) is 7.59. The number of anilines is 1. The highest BCUT2D eigenvalue weighted by Crippen LogP contribution is 2.41. The summed E-state index contributed by atoms with van der Waals surface area (Å²) in [6, 6.07) is 12.8. The van der Waals surface area contributed by atoms with Gasteiger partial charge in [-0.3, -0.25) is 9.59 Å². The van der Waals surface area contributed by atoms with Crippen LogP contribution in [0.15, 0.2) is 48.2 Å². The molecular formula is C24H26N2O4. The number of carbonyl (C=O) groups excluding carboxylic acids is 2. The molecule has 30 heavy (non-hydrogen) atoms. The van der Waals surface area contributed by atoms with Gasteiger partial charge >= 0.3 is 0 Å². The highest BCUT2D eigenvalue weighted by atomic mass is 16.5. The number of carbonyl (C=O) groups is 2. The summed E-state index contributed by atoms with van der Waals surface area (Å²) in [4.78, 5) is 30.7. The molecule has 0 aromatic heterocycles. The Balaban J connectivity index is 1.90. The van der Waals surface area contributed by atoms with Gasteiger partial charge < -0.3 is 14.4 Å². The Kier molecular flexibility index (Phi) is 5.48. The van der Waals surface area contributed by atoms with Crippen molar-refractivity contribution in [3.8, 4) is 11.5 Å². The van der Waals surface area contributed by atoms with Crippen molar-refractivity contribution >= 4 is 23.1 Å². The number of nitrogens with zero attached hydrogens (tertiary/aromatic N) is 2. The topological polar surface area (TPSA) is 59.1 Å². The van der Waals surface area contributed by atoms with E-state index in [1.54, 1.807) is 20.3 Å². The number of hydrogen-bond acceptors (Lipinski definition) is 5. The highest BCUT2D eigenvalue weighted by molar-refractivity contribution is 6.46. The van der Waals surface area contributed by atoms with Crippen molar-refractivity contribution in [3.05, 3.63) is 59.3 Å². The molecule has 0 saturated carbocycles. The number of likely N-dealkylation sites (tertiary alicyclic amines) is 1. The van der Waals surface area contributed by atoms with Gasteiger partial charge in [-0.2, -0.15) is 0 Å². The number of rotatable bonds is 5. The summed E-state index contributed by atoms with van der Waals surface area (Å²) < 4.78 is 11.0. The largest absolute Gasteiger partial charge is 0.496 e. The molecule has 2 heterocycles. The van der Waals surface area contributed by atoms with Crippen LogP contribution in [0, 0.1) is 6.92 Å². The predicted molar refractivity (Wildman–Crippen MR) is 116 cm³/mol. The predicted octanol–water partition coefficient (Wildman–Crippen LogP) is 3.78. The van der Waals surface area contributed by atoms with E-state index in [1.807, 2.05) is 48.2 Å². The van der Waals surface area contributed by atoms with E-state index in [4.69, 9.17) is 9.47 Å². The molecule has 0 N–H and O–H groups in total. The first-order valence-electron chi connectivity index (χ1n) is 10.2. The summed E-state index contributed by atoms with van der Waals surface area (Å²) >= 11 is 0. The Hall–Kier alpha value is -3.28. The van der Waals surface area contributed by atoms with Gasteiger partial charge in [-0.1, -0.05) is 24.3 Å². The number of benzene rings is 2. The van der Waals surface area contributed by atoms with Crippen LogP contribution in [0.5, 0.6) is 11.5 Å². The molecule has 0 atom stereocenters. The van der Waals surface area contributed by atoms with Crippen molar-refractivity contribution in [1.82, 2.24) is 4.90 Å². The molecule has 0 radical (unpaired) electrons. The lowest BCUT2D eigenvalue weighted by Gasteiger charge is -2.30. The zero-order valence-corrected chi connectivity index (χ0v) is 17.6. The standard InChI is InChI=1S/C24H26N2O4/c1-16-11-12-20(30-3)18(15-16)26-23(27)21(17-9-5-6-10-19(17)29-2)22(24(26)28)25-13-7-4-8-14-25/h5-6,9-12,15H,4,7-8,13-14H2,1-3H3. The molecule has 2 amide bonds. The van der Waals surface area contributed by atoms with E-state index in [9.17, 15) is 9.59 Å². The van der Waals surface area contributed by atoms with Gasteiger partial charge in [0.25, 0.3) is 11.8 Å². The first kappa shape index (κ1) is 20.0. The molecule has 1 saturated heterocycles. The molecular weight excluding hydrogens is 380 g/mol. The Labute approximate surface area is 176 Å². The smallest absolute Gasteiger partial charge is 0.282 e. The first-order valence-corrected chi connectivity index (χ1v) is 10.2. The SMILES string of the molecule is COc1ccccc1C1=C(N2CCCCC2)C(=O)N(c2cc(C)ccc2OC)C1=O. The molecule has 2 aliphatic rings. The second-order valence-corrected chi connectivity index (χ2v) is 7.59. The molecule has 0 unspecified atom stereocenters. The van der Waals surface area contributed by atoms with Gasteiger partial charge in [0.15, 0.2) is 0 Å². The Morgan fingerprint density at radius 2 is 1.53 bits per heavy atom. The molecule has 6 heteroatoms. The maximum absolute atomic E-state index is 13.7. The molecule has 2 aromatic rings. The number of ether oxygens (including phenoxy) is 2. The van der Waals surface area contributed by atoms with Crippen molar-refractivity contribution in [1.29, 1.82) is 0 Å². The van der Waals surface area contributed by atoms with Gasteiger partial charge in [0, 0.05) is 18.7 Å². The molecule has 6 nitrogen and oxygen atoms in total. The normalized spacial score (nSPS) is 17.0. The molecule has 0 bridgehead atoms. The zero-order chi connectivity index (χ0) is 21.3. The molecule has 0 aliphatic carbocycles. The number of amides is 2. The quantitative estimate of drug-likeness (QED) is 0.708. The monoisotopic (exact) mass is 406 g/mol. The van der Waals surface area contributed by atoms with E-state index < -0.39 is 0 Å². The maximum Gasteiger partial charge on any atom is 0.282 e. The van der Waals surface area contributed by atoms with E-state index in [0.717, 1.165) is 37.9 Å². The van der Waals surface area contributed by atoms with E-state index in [2.05, 4.69) is 0 Å². The third kappa shape index (κ3) is 3.32. The van der Waals surface area contributed by atoms with E-state index in [-0.39, 0.29) is 11.8 Å². The van der Waals surface area contributed by atoms with Crippen molar-refractivity contribution < 1.29 is 19.1 Å². The minimum atomic E-state index is -0.353. The van der Waals surface area contributed by atoms with E-state index in [1.165, 1.54) is 4.90 Å². The first-order chi connectivity index (χ1) is 14.6. The molecule has 156 valence electrons. The summed E-state index contributed by atoms with van der Waals surface area (Å²) in [5, 5.41) is 0. The lowest BCUT2D eigenvalue weighted by Crippen LogP contribution is -2.37.